The lowest BCUT2D eigenvalue weighted by Gasteiger charge is -2.71. The van der Waals surface area contributed by atoms with Gasteiger partial charge in [-0.05, 0) is 116 Å². The lowest BCUT2D eigenvalue weighted by Crippen LogP contribution is -2.80. The first-order valence-electron chi connectivity index (χ1n) is 38.2. The summed E-state index contributed by atoms with van der Waals surface area (Å²) in [6, 6.07) is 0. The number of rotatable bonds is 19. The molecule has 42 unspecified atom stereocenters. The zero-order valence-corrected chi connectivity index (χ0v) is 63.2. The first-order valence-corrected chi connectivity index (χ1v) is 38.2. The van der Waals surface area contributed by atoms with Crippen molar-refractivity contribution >= 4 is 5.97 Å². The van der Waals surface area contributed by atoms with Crippen molar-refractivity contribution in [2.45, 2.75) is 333 Å². The van der Waals surface area contributed by atoms with Gasteiger partial charge < -0.3 is 194 Å². The number of hydrogen-bond acceptors (Lipinski definition) is 41. The second kappa shape index (κ2) is 31.6. The Morgan fingerprint density at radius 2 is 1.12 bits per heavy atom. The van der Waals surface area contributed by atoms with Crippen molar-refractivity contribution in [2.24, 2.45) is 50.2 Å². The van der Waals surface area contributed by atoms with E-state index in [-0.39, 0.29) is 30.1 Å². The minimum Gasteiger partial charge on any atom is -0.405 e. The first kappa shape index (κ1) is 88.9. The van der Waals surface area contributed by atoms with Crippen LogP contribution in [0.4, 0.5) is 0 Å². The highest BCUT2D eigenvalue weighted by atomic mass is 17.0. The SMILES string of the molecule is CC1OC(OC2C(CO)OC(O)(OCC3OC(O)(OC(=O)C45CCC(C)(C)CC4C4=CCC6C7(C)CCC(OC8OCC(O)C(OC9(OC%10(O)C(O)C(O)C(CO)OC%10(O)OC%10C(O)C(O)OC(CO)C%10O)OC(CO)C(O)C(O)C9O)C8O)C(C)(C)C7CCC6(C)C4(C)CC5)C(O)C(O)C3O)C(O)C2O)C(O)C(O)C1O. The molecule has 11 fully saturated rings. The van der Waals surface area contributed by atoms with Crippen LogP contribution in [-0.4, -0.2) is 392 Å². The van der Waals surface area contributed by atoms with Crippen LogP contribution in [-0.2, 0) is 71.1 Å². The van der Waals surface area contributed by atoms with Crippen molar-refractivity contribution in [3.63, 3.8) is 0 Å². The Labute approximate surface area is 642 Å². The van der Waals surface area contributed by atoms with Crippen LogP contribution in [0.5, 0.6) is 0 Å². The van der Waals surface area contributed by atoms with Crippen molar-refractivity contribution in [3.8, 4) is 0 Å². The minimum absolute atomic E-state index is 0.0374. The van der Waals surface area contributed by atoms with Gasteiger partial charge in [0, 0.05) is 0 Å². The van der Waals surface area contributed by atoms with Crippen molar-refractivity contribution in [1.29, 1.82) is 0 Å². The number of esters is 1. The number of ether oxygens (including phenoxy) is 14. The van der Waals surface area contributed by atoms with Gasteiger partial charge in [-0.1, -0.05) is 60.1 Å². The normalized spacial score (nSPS) is 55.6. The predicted octanol–water partition coefficient (Wildman–Crippen LogP) is -10.3. The largest absolute Gasteiger partial charge is 0.405 e. The first-order chi connectivity index (χ1) is 52.0. The highest BCUT2D eigenvalue weighted by molar-refractivity contribution is 5.79. The van der Waals surface area contributed by atoms with E-state index in [1.807, 2.05) is 13.8 Å². The monoisotopic (exact) mass is 1620 g/mol. The maximum Gasteiger partial charge on any atom is 0.357 e. The Hall–Kier alpha value is -2.35. The molecule has 7 heterocycles. The van der Waals surface area contributed by atoms with Gasteiger partial charge in [-0.25, -0.2) is 0 Å². The lowest BCUT2D eigenvalue weighted by molar-refractivity contribution is -0.600. The Morgan fingerprint density at radius 3 is 1.77 bits per heavy atom. The molecule has 41 heteroatoms. The summed E-state index contributed by atoms with van der Waals surface area (Å²) in [5.74, 6) is -20.7. The smallest absolute Gasteiger partial charge is 0.357 e. The molecular weight excluding hydrogens is 1510 g/mol. The summed E-state index contributed by atoms with van der Waals surface area (Å²) < 4.78 is 79.7. The zero-order chi connectivity index (χ0) is 82.6. The summed E-state index contributed by atoms with van der Waals surface area (Å²) in [6.07, 6.45) is -56.9. The molecule has 12 aliphatic rings. The third-order valence-electron chi connectivity index (χ3n) is 27.8. The molecule has 4 saturated carbocycles. The Bertz CT molecular complexity index is 3310. The zero-order valence-electron chi connectivity index (χ0n) is 63.2. The van der Waals surface area contributed by atoms with E-state index in [2.05, 4.69) is 40.7 Å². The molecule has 12 rings (SSSR count). The number of aliphatic hydroxyl groups excluding tert-OH is 22. The molecule has 112 heavy (non-hydrogen) atoms. The highest BCUT2D eigenvalue weighted by Gasteiger charge is 2.76. The molecule has 0 amide bonds. The van der Waals surface area contributed by atoms with E-state index >= 15 is 4.79 Å². The van der Waals surface area contributed by atoms with E-state index in [1.54, 1.807) is 0 Å². The standard InChI is InChI=1S/C71H116O41/c1-26-38(77)43(82)46(85)59(101-26)104-51-33(23-75)105-68(96,55(91)47(51)86)100-25-34-40(79)44(83)54(90)69(97,106-34)111-60(94)66-17-15-61(2,3)19-28(66)27-9-10-36-63(6)13-12-37(62(4,5)35(63)11-14-65(36,8)64(27,7)16-18-66)103-58-49(88)50(29(76)24-99-58)109-70(56(92)45(84)39(78)31(21-73)107-70)112-67(95)53(89)42(81)32(22-74)108-71(67,98)110-52-41(80)30(20-72)102-57(93)48(52)87/h9,26,28-59,72-93,95-98H,10-25H2,1-8H3. The predicted molar refractivity (Wildman–Crippen MR) is 359 cm³/mol. The quantitative estimate of drug-likeness (QED) is 0.0247. The average Bonchev–Trinajstić information content (AvgIpc) is 0.670. The second-order valence-corrected chi connectivity index (χ2v) is 35.1. The van der Waals surface area contributed by atoms with Gasteiger partial charge in [-0.3, -0.25) is 9.53 Å². The number of aliphatic hydroxyl groups is 26. The number of allylic oxidation sites excluding steroid dienone is 2. The van der Waals surface area contributed by atoms with Crippen LogP contribution in [0.1, 0.15) is 120 Å². The maximum atomic E-state index is 15.5. The van der Waals surface area contributed by atoms with Crippen LogP contribution in [0.2, 0.25) is 0 Å². The molecule has 646 valence electrons. The molecule has 0 spiro atoms. The van der Waals surface area contributed by atoms with Gasteiger partial charge in [0.1, 0.15) is 134 Å². The van der Waals surface area contributed by atoms with Crippen LogP contribution < -0.4 is 0 Å². The van der Waals surface area contributed by atoms with Crippen molar-refractivity contribution in [3.05, 3.63) is 11.6 Å². The van der Waals surface area contributed by atoms with Crippen molar-refractivity contribution < 1.29 is 204 Å². The summed E-state index contributed by atoms with van der Waals surface area (Å²) >= 11 is 0. The van der Waals surface area contributed by atoms with Crippen LogP contribution in [0.15, 0.2) is 11.6 Å². The average molecular weight is 1630 g/mol. The molecule has 42 atom stereocenters. The van der Waals surface area contributed by atoms with Gasteiger partial charge in [-0.2, -0.15) is 0 Å². The molecule has 0 aromatic heterocycles. The fraction of sp³-hybridized carbons (Fsp3) is 0.958. The molecule has 41 nitrogen and oxygen atoms in total. The molecule has 7 saturated heterocycles. The topological polar surface area (TPSA) is 672 Å². The van der Waals surface area contributed by atoms with E-state index in [0.717, 1.165) is 5.57 Å². The number of carbonyl (C=O) groups excluding carboxylic acids is 1. The fourth-order valence-corrected chi connectivity index (χ4v) is 20.8. The molecule has 0 bridgehead atoms. The van der Waals surface area contributed by atoms with E-state index in [0.29, 0.717) is 51.4 Å². The number of hydrogen-bond donors (Lipinski definition) is 26. The van der Waals surface area contributed by atoms with E-state index < -0.39 is 292 Å². The molecule has 26 N–H and O–H groups in total. The second-order valence-electron chi connectivity index (χ2n) is 35.1. The molecule has 7 aliphatic heterocycles. The van der Waals surface area contributed by atoms with Gasteiger partial charge in [0.05, 0.1) is 57.3 Å². The van der Waals surface area contributed by atoms with Gasteiger partial charge in [0.2, 0.25) is 0 Å². The summed E-state index contributed by atoms with van der Waals surface area (Å²) in [6.45, 7) is 9.55. The molecule has 5 aliphatic carbocycles. The van der Waals surface area contributed by atoms with Crippen LogP contribution >= 0.6 is 0 Å². The minimum atomic E-state index is -4.29. The molecule has 0 radical (unpaired) electrons. The number of carbonyl (C=O) groups is 1. The molecular formula is C71H116O41. The molecule has 0 aromatic carbocycles. The molecule has 0 aromatic rings. The van der Waals surface area contributed by atoms with Gasteiger partial charge >= 0.3 is 29.9 Å². The van der Waals surface area contributed by atoms with Crippen molar-refractivity contribution in [1.82, 2.24) is 0 Å². The van der Waals surface area contributed by atoms with Crippen LogP contribution in [0, 0.1) is 50.2 Å². The van der Waals surface area contributed by atoms with Crippen molar-refractivity contribution in [2.75, 3.05) is 39.6 Å². The summed E-state index contributed by atoms with van der Waals surface area (Å²) in [4.78, 5) is 15.5. The van der Waals surface area contributed by atoms with Gasteiger partial charge in [-0.15, -0.1) is 0 Å². The van der Waals surface area contributed by atoms with Crippen LogP contribution in [0.3, 0.4) is 0 Å². The fourth-order valence-electron chi connectivity index (χ4n) is 20.8. The van der Waals surface area contributed by atoms with E-state index in [4.69, 9.17) is 66.3 Å². The summed E-state index contributed by atoms with van der Waals surface area (Å²) in [5, 5.41) is 291. The summed E-state index contributed by atoms with van der Waals surface area (Å²) in [7, 11) is 0. The maximum absolute atomic E-state index is 15.5. The Morgan fingerprint density at radius 1 is 0.509 bits per heavy atom. The van der Waals surface area contributed by atoms with E-state index in [9.17, 15) is 133 Å². The third kappa shape index (κ3) is 14.4. The highest BCUT2D eigenvalue weighted by Crippen LogP contribution is 2.76. The summed E-state index contributed by atoms with van der Waals surface area (Å²) in [5.41, 5.74) is -3.10. The van der Waals surface area contributed by atoms with Gasteiger partial charge in [0.15, 0.2) is 37.2 Å². The Kier molecular flexibility index (Phi) is 25.1. The number of fused-ring (bicyclic) bond motifs is 7. The lowest BCUT2D eigenvalue weighted by atomic mass is 9.33. The van der Waals surface area contributed by atoms with Crippen LogP contribution in [0.25, 0.3) is 0 Å². The third-order valence-corrected chi connectivity index (χ3v) is 27.8. The van der Waals surface area contributed by atoms with E-state index in [1.165, 1.54) is 6.92 Å². The van der Waals surface area contributed by atoms with Gasteiger partial charge in [0.25, 0.3) is 5.79 Å². The Balaban J connectivity index is 0.756.